The summed E-state index contributed by atoms with van der Waals surface area (Å²) in [6.07, 6.45) is 1.76. The van der Waals surface area contributed by atoms with E-state index in [1.54, 1.807) is 36.3 Å². The molecular formula is C28H25N5O3S2. The Labute approximate surface area is 228 Å². The molecule has 0 amide bonds. The molecular weight excluding hydrogens is 518 g/mol. The van der Waals surface area contributed by atoms with Gasteiger partial charge in [-0.3, -0.25) is 14.5 Å². The molecule has 0 fully saturated rings. The van der Waals surface area contributed by atoms with Gasteiger partial charge in [0.2, 0.25) is 5.13 Å². The molecule has 1 aromatic heterocycles. The Morgan fingerprint density at radius 1 is 1.21 bits per heavy atom. The number of allylic oxidation sites excluding steroid dienone is 3. The molecule has 10 heteroatoms. The monoisotopic (exact) mass is 543 g/mol. The number of ketones is 2. The fourth-order valence-electron chi connectivity index (χ4n) is 4.87. The fraction of sp³-hybridized carbons (Fsp3) is 0.250. The predicted molar refractivity (Wildman–Crippen MR) is 147 cm³/mol. The summed E-state index contributed by atoms with van der Waals surface area (Å²) in [5.74, 6) is 0.612. The number of carbonyl (C=O) groups excluding carboxylic acids is 2. The largest absolute Gasteiger partial charge is 0.497 e. The Morgan fingerprint density at radius 2 is 1.97 bits per heavy atom. The highest BCUT2D eigenvalue weighted by molar-refractivity contribution is 8.01. The number of thioether (sulfide) groups is 1. The number of methoxy groups -OCH3 is 1. The van der Waals surface area contributed by atoms with Crippen molar-refractivity contribution in [3.8, 4) is 11.8 Å². The van der Waals surface area contributed by atoms with Crippen LogP contribution in [0.4, 0.5) is 5.13 Å². The van der Waals surface area contributed by atoms with Gasteiger partial charge in [0, 0.05) is 23.3 Å². The summed E-state index contributed by atoms with van der Waals surface area (Å²) >= 11 is 2.57. The molecule has 1 aliphatic carbocycles. The van der Waals surface area contributed by atoms with E-state index in [-0.39, 0.29) is 23.1 Å². The second kappa shape index (κ2) is 10.8. The lowest BCUT2D eigenvalue weighted by atomic mass is 9.75. The first-order chi connectivity index (χ1) is 18.4. The van der Waals surface area contributed by atoms with Crippen LogP contribution < -0.4 is 15.4 Å². The van der Waals surface area contributed by atoms with Gasteiger partial charge in [-0.2, -0.15) is 5.26 Å². The maximum absolute atomic E-state index is 13.3. The highest BCUT2D eigenvalue weighted by atomic mass is 32.2. The summed E-state index contributed by atoms with van der Waals surface area (Å²) in [5.41, 5.74) is 10.8. The summed E-state index contributed by atoms with van der Waals surface area (Å²) < 4.78 is 5.74. The predicted octanol–water partition coefficient (Wildman–Crippen LogP) is 5.13. The first-order valence-corrected chi connectivity index (χ1v) is 13.9. The van der Waals surface area contributed by atoms with E-state index in [9.17, 15) is 14.9 Å². The number of nitrogens with two attached hydrogens (primary N) is 1. The number of aryl methyl sites for hydroxylation is 1. The summed E-state index contributed by atoms with van der Waals surface area (Å²) in [6, 6.07) is 17.0. The number of carbonyl (C=O) groups is 2. The van der Waals surface area contributed by atoms with Crippen molar-refractivity contribution < 1.29 is 14.3 Å². The molecule has 2 N–H and O–H groups in total. The minimum absolute atomic E-state index is 0.0222. The molecule has 192 valence electrons. The average Bonchev–Trinajstić information content (AvgIpc) is 3.40. The number of aromatic nitrogens is 2. The molecule has 0 bridgehead atoms. The first-order valence-electron chi connectivity index (χ1n) is 12.1. The molecule has 3 aromatic rings. The lowest BCUT2D eigenvalue weighted by Gasteiger charge is -2.38. The SMILES string of the molecule is COc1ccc(C(=O)CSc2nnc(N3C(N)=C(C#N)C(c4ccccc4C)C4=C3CCCC4=O)s2)cc1. The lowest BCUT2D eigenvalue weighted by molar-refractivity contribution is -0.116. The number of hydrogen-bond acceptors (Lipinski definition) is 10. The number of nitrogens with zero attached hydrogens (tertiary/aromatic N) is 4. The molecule has 2 heterocycles. The van der Waals surface area contributed by atoms with Gasteiger partial charge in [-0.25, -0.2) is 0 Å². The van der Waals surface area contributed by atoms with Gasteiger partial charge in [0.15, 0.2) is 15.9 Å². The molecule has 1 unspecified atom stereocenters. The summed E-state index contributed by atoms with van der Waals surface area (Å²) in [7, 11) is 1.58. The third-order valence-electron chi connectivity index (χ3n) is 6.74. The third kappa shape index (κ3) is 4.71. The zero-order valence-corrected chi connectivity index (χ0v) is 22.6. The average molecular weight is 544 g/mol. The Hall–Kier alpha value is -3.94. The topological polar surface area (TPSA) is 122 Å². The summed E-state index contributed by atoms with van der Waals surface area (Å²) in [4.78, 5) is 27.7. The van der Waals surface area contributed by atoms with Crippen molar-refractivity contribution in [1.29, 1.82) is 5.26 Å². The van der Waals surface area contributed by atoms with Gasteiger partial charge in [-0.05, 0) is 55.2 Å². The summed E-state index contributed by atoms with van der Waals surface area (Å²) in [6.45, 7) is 1.97. The molecule has 0 radical (unpaired) electrons. The number of ether oxygens (including phenoxy) is 1. The van der Waals surface area contributed by atoms with E-state index in [1.807, 2.05) is 31.2 Å². The van der Waals surface area contributed by atoms with Crippen molar-refractivity contribution in [1.82, 2.24) is 10.2 Å². The minimum atomic E-state index is -0.510. The van der Waals surface area contributed by atoms with Crippen LogP contribution in [0, 0.1) is 18.3 Å². The molecule has 8 nitrogen and oxygen atoms in total. The van der Waals surface area contributed by atoms with Crippen molar-refractivity contribution in [3.05, 3.63) is 87.9 Å². The molecule has 1 aliphatic heterocycles. The van der Waals surface area contributed by atoms with Gasteiger partial charge in [0.25, 0.3) is 0 Å². The van der Waals surface area contributed by atoms with Gasteiger partial charge < -0.3 is 10.5 Å². The molecule has 5 rings (SSSR count). The smallest absolute Gasteiger partial charge is 0.219 e. The Bertz CT molecular complexity index is 1520. The van der Waals surface area contributed by atoms with E-state index < -0.39 is 5.92 Å². The zero-order chi connectivity index (χ0) is 26.8. The number of rotatable bonds is 7. The fourth-order valence-corrected chi connectivity index (χ4v) is 6.64. The van der Waals surface area contributed by atoms with Crippen LogP contribution in [0.25, 0.3) is 0 Å². The second-order valence-electron chi connectivity index (χ2n) is 8.96. The number of Topliss-reactive ketones (excluding diaryl/α,β-unsaturated/α-hetero) is 2. The quantitative estimate of drug-likeness (QED) is 0.319. The van der Waals surface area contributed by atoms with E-state index in [1.165, 1.54) is 23.1 Å². The highest BCUT2D eigenvalue weighted by Gasteiger charge is 2.41. The number of hydrogen-bond donors (Lipinski definition) is 1. The Balaban J connectivity index is 1.45. The van der Waals surface area contributed by atoms with E-state index >= 15 is 0 Å². The molecule has 0 saturated heterocycles. The van der Waals surface area contributed by atoms with Crippen LogP contribution >= 0.6 is 23.1 Å². The van der Waals surface area contributed by atoms with E-state index in [0.29, 0.717) is 51.2 Å². The van der Waals surface area contributed by atoms with Crippen LogP contribution in [0.1, 0.15) is 46.7 Å². The van der Waals surface area contributed by atoms with Crippen LogP contribution in [0.3, 0.4) is 0 Å². The standard InChI is InChI=1S/C28H25N5O3S2/c1-16-6-3-4-7-19(16)24-20(14-29)26(30)33(21-8-5-9-22(34)25(21)24)27-31-32-28(38-27)37-15-23(35)17-10-12-18(36-2)13-11-17/h3-4,6-7,10-13,24H,5,8-9,15,30H2,1-2H3. The molecule has 0 saturated carbocycles. The minimum Gasteiger partial charge on any atom is -0.497 e. The number of benzene rings is 2. The van der Waals surface area contributed by atoms with Gasteiger partial charge in [-0.1, -0.05) is 47.4 Å². The van der Waals surface area contributed by atoms with Crippen LogP contribution in [0.15, 0.2) is 75.5 Å². The van der Waals surface area contributed by atoms with Gasteiger partial charge >= 0.3 is 0 Å². The zero-order valence-electron chi connectivity index (χ0n) is 20.9. The van der Waals surface area contributed by atoms with Gasteiger partial charge in [0.1, 0.15) is 11.6 Å². The maximum atomic E-state index is 13.3. The van der Waals surface area contributed by atoms with Crippen LogP contribution in [-0.2, 0) is 4.79 Å². The highest BCUT2D eigenvalue weighted by Crippen LogP contribution is 2.47. The second-order valence-corrected chi connectivity index (χ2v) is 11.1. The van der Waals surface area contributed by atoms with Gasteiger partial charge in [-0.15, -0.1) is 10.2 Å². The normalized spacial score (nSPS) is 17.3. The third-order valence-corrected chi connectivity index (χ3v) is 8.78. The molecule has 2 aliphatic rings. The van der Waals surface area contributed by atoms with Crippen molar-refractivity contribution in [2.24, 2.45) is 5.73 Å². The molecule has 38 heavy (non-hydrogen) atoms. The number of nitriles is 1. The maximum Gasteiger partial charge on any atom is 0.219 e. The first kappa shape index (κ1) is 25.7. The number of anilines is 1. The van der Waals surface area contributed by atoms with Crippen LogP contribution in [0.5, 0.6) is 5.75 Å². The molecule has 1 atom stereocenters. The van der Waals surface area contributed by atoms with E-state index in [0.717, 1.165) is 16.8 Å². The van der Waals surface area contributed by atoms with Crippen LogP contribution in [0.2, 0.25) is 0 Å². The molecule has 0 spiro atoms. The van der Waals surface area contributed by atoms with Crippen LogP contribution in [-0.4, -0.2) is 34.6 Å². The van der Waals surface area contributed by atoms with Gasteiger partial charge in [0.05, 0.1) is 30.4 Å². The lowest BCUT2D eigenvalue weighted by Crippen LogP contribution is -2.38. The van der Waals surface area contributed by atoms with E-state index in [4.69, 9.17) is 10.5 Å². The van der Waals surface area contributed by atoms with Crippen molar-refractivity contribution in [2.75, 3.05) is 17.8 Å². The van der Waals surface area contributed by atoms with Crippen molar-refractivity contribution in [3.63, 3.8) is 0 Å². The van der Waals surface area contributed by atoms with E-state index in [2.05, 4.69) is 16.3 Å². The molecule has 2 aromatic carbocycles. The Morgan fingerprint density at radius 3 is 2.68 bits per heavy atom. The summed E-state index contributed by atoms with van der Waals surface area (Å²) in [5, 5.41) is 19.3. The van der Waals surface area contributed by atoms with Crippen molar-refractivity contribution >= 4 is 39.8 Å². The van der Waals surface area contributed by atoms with Crippen molar-refractivity contribution in [2.45, 2.75) is 36.4 Å². The Kier molecular flexibility index (Phi) is 7.31.